The van der Waals surface area contributed by atoms with Crippen molar-refractivity contribution >= 4 is 21.8 Å². The Kier molecular flexibility index (Phi) is 3.23. The second-order valence-electron chi connectivity index (χ2n) is 3.29. The number of rotatable bonds is 3. The van der Waals surface area contributed by atoms with Crippen molar-refractivity contribution < 1.29 is 14.0 Å². The molecular weight excluding hydrogens is 288 g/mol. The summed E-state index contributed by atoms with van der Waals surface area (Å²) in [6.45, 7) is 0. The largest absolute Gasteiger partial charge is 0.497 e. The summed E-state index contributed by atoms with van der Waals surface area (Å²) in [6.07, 6.45) is 1.55. The fraction of sp³-hybridized carbons (Fsp3) is 0.182. The Labute approximate surface area is 107 Å². The van der Waals surface area contributed by atoms with Gasteiger partial charge in [0.15, 0.2) is 0 Å². The lowest BCUT2D eigenvalue weighted by Gasteiger charge is -2.11. The summed E-state index contributed by atoms with van der Waals surface area (Å²) in [5.41, 5.74) is 7.16. The lowest BCUT2D eigenvalue weighted by molar-refractivity contribution is 0.395. The van der Waals surface area contributed by atoms with Crippen molar-refractivity contribution in [3.8, 4) is 22.6 Å². The molecular formula is C11H11BrN2O3. The van der Waals surface area contributed by atoms with E-state index in [0.29, 0.717) is 17.1 Å². The summed E-state index contributed by atoms with van der Waals surface area (Å²) >= 11 is 3.45. The maximum Gasteiger partial charge on any atom is 0.230 e. The zero-order valence-corrected chi connectivity index (χ0v) is 10.9. The summed E-state index contributed by atoms with van der Waals surface area (Å²) in [7, 11) is 3.17. The molecule has 0 saturated heterocycles. The Morgan fingerprint density at radius 3 is 2.59 bits per heavy atom. The molecule has 0 atom stereocenters. The van der Waals surface area contributed by atoms with Gasteiger partial charge in [0.25, 0.3) is 0 Å². The predicted octanol–water partition coefficient (Wildman–Crippen LogP) is 2.70. The number of halogens is 1. The van der Waals surface area contributed by atoms with Crippen molar-refractivity contribution in [2.75, 3.05) is 20.0 Å². The van der Waals surface area contributed by atoms with E-state index in [-0.39, 0.29) is 5.88 Å². The standard InChI is InChI=1S/C11H11BrN2O3/c1-15-6-3-8(12)10(9(4-6)16-2)7-5-14-17-11(7)13/h3-5H,13H2,1-2H3. The average Bonchev–Trinajstić information content (AvgIpc) is 2.74. The van der Waals surface area contributed by atoms with Gasteiger partial charge in [-0.25, -0.2) is 0 Å². The van der Waals surface area contributed by atoms with Gasteiger partial charge in [-0.1, -0.05) is 5.16 Å². The Bertz CT molecular complexity index is 540. The molecule has 0 aliphatic carbocycles. The van der Waals surface area contributed by atoms with Gasteiger partial charge in [-0.2, -0.15) is 0 Å². The molecule has 0 bridgehead atoms. The summed E-state index contributed by atoms with van der Waals surface area (Å²) in [5.74, 6) is 1.56. The molecule has 0 fully saturated rings. The third-order valence-electron chi connectivity index (χ3n) is 2.35. The number of nitrogens with two attached hydrogens (primary N) is 1. The molecule has 0 aliphatic rings. The van der Waals surface area contributed by atoms with Crippen LogP contribution in [0.3, 0.4) is 0 Å². The quantitative estimate of drug-likeness (QED) is 0.943. The smallest absolute Gasteiger partial charge is 0.230 e. The second kappa shape index (κ2) is 4.67. The molecule has 0 radical (unpaired) electrons. The first-order chi connectivity index (χ1) is 8.17. The highest BCUT2D eigenvalue weighted by atomic mass is 79.9. The number of anilines is 1. The normalized spacial score (nSPS) is 10.3. The lowest BCUT2D eigenvalue weighted by Crippen LogP contribution is -1.93. The van der Waals surface area contributed by atoms with Crippen LogP contribution in [0.1, 0.15) is 0 Å². The Morgan fingerprint density at radius 1 is 1.29 bits per heavy atom. The van der Waals surface area contributed by atoms with Crippen LogP contribution in [0.4, 0.5) is 5.88 Å². The SMILES string of the molecule is COc1cc(Br)c(-c2cnoc2N)c(OC)c1. The number of hydrogen-bond donors (Lipinski definition) is 1. The van der Waals surface area contributed by atoms with Crippen molar-refractivity contribution in [1.82, 2.24) is 5.16 Å². The van der Waals surface area contributed by atoms with Crippen molar-refractivity contribution in [1.29, 1.82) is 0 Å². The molecule has 5 nitrogen and oxygen atoms in total. The fourth-order valence-corrected chi connectivity index (χ4v) is 2.17. The minimum atomic E-state index is 0.245. The van der Waals surface area contributed by atoms with Gasteiger partial charge < -0.3 is 19.7 Å². The molecule has 17 heavy (non-hydrogen) atoms. The van der Waals surface area contributed by atoms with Crippen LogP contribution in [-0.2, 0) is 0 Å². The molecule has 1 aromatic heterocycles. The van der Waals surface area contributed by atoms with Crippen LogP contribution < -0.4 is 15.2 Å². The zero-order valence-electron chi connectivity index (χ0n) is 9.36. The number of aromatic nitrogens is 1. The van der Waals surface area contributed by atoms with Gasteiger partial charge in [0.2, 0.25) is 5.88 Å². The molecule has 0 saturated carbocycles. The first-order valence-electron chi connectivity index (χ1n) is 4.79. The Balaban J connectivity index is 2.65. The van der Waals surface area contributed by atoms with Gasteiger partial charge in [-0.05, 0) is 22.0 Å². The van der Waals surface area contributed by atoms with Crippen molar-refractivity contribution in [2.24, 2.45) is 0 Å². The maximum absolute atomic E-state index is 5.70. The molecule has 0 amide bonds. The van der Waals surface area contributed by atoms with Gasteiger partial charge in [0.05, 0.1) is 26.0 Å². The highest BCUT2D eigenvalue weighted by Gasteiger charge is 2.17. The molecule has 0 aliphatic heterocycles. The van der Waals surface area contributed by atoms with Gasteiger partial charge in [-0.3, -0.25) is 0 Å². The van der Waals surface area contributed by atoms with E-state index in [1.807, 2.05) is 6.07 Å². The molecule has 0 unspecified atom stereocenters. The van der Waals surface area contributed by atoms with E-state index in [2.05, 4.69) is 21.1 Å². The molecule has 90 valence electrons. The first kappa shape index (κ1) is 11.8. The predicted molar refractivity (Wildman–Crippen MR) is 67.2 cm³/mol. The van der Waals surface area contributed by atoms with Gasteiger partial charge in [-0.15, -0.1) is 0 Å². The Morgan fingerprint density at radius 2 is 2.06 bits per heavy atom. The van der Waals surface area contributed by atoms with E-state index in [4.69, 9.17) is 19.7 Å². The van der Waals surface area contributed by atoms with Gasteiger partial charge >= 0.3 is 0 Å². The van der Waals surface area contributed by atoms with Crippen LogP contribution in [0, 0.1) is 0 Å². The lowest BCUT2D eigenvalue weighted by atomic mass is 10.1. The fourth-order valence-electron chi connectivity index (χ4n) is 1.53. The third-order valence-corrected chi connectivity index (χ3v) is 2.98. The van der Waals surface area contributed by atoms with Crippen LogP contribution in [0.25, 0.3) is 11.1 Å². The van der Waals surface area contributed by atoms with E-state index in [9.17, 15) is 0 Å². The van der Waals surface area contributed by atoms with Crippen molar-refractivity contribution in [2.45, 2.75) is 0 Å². The van der Waals surface area contributed by atoms with E-state index in [1.54, 1.807) is 26.5 Å². The molecule has 2 rings (SSSR count). The minimum absolute atomic E-state index is 0.245. The zero-order chi connectivity index (χ0) is 12.4. The molecule has 0 spiro atoms. The van der Waals surface area contributed by atoms with E-state index in [0.717, 1.165) is 10.0 Å². The highest BCUT2D eigenvalue weighted by Crippen LogP contribution is 2.41. The number of methoxy groups -OCH3 is 2. The number of benzene rings is 1. The van der Waals surface area contributed by atoms with Gasteiger partial charge in [0, 0.05) is 16.1 Å². The monoisotopic (exact) mass is 298 g/mol. The van der Waals surface area contributed by atoms with Crippen molar-refractivity contribution in [3.63, 3.8) is 0 Å². The minimum Gasteiger partial charge on any atom is -0.497 e. The summed E-state index contributed by atoms with van der Waals surface area (Å²) in [6, 6.07) is 3.59. The maximum atomic E-state index is 5.70. The molecule has 2 aromatic rings. The van der Waals surface area contributed by atoms with Crippen LogP contribution in [-0.4, -0.2) is 19.4 Å². The molecule has 2 N–H and O–H groups in total. The molecule has 6 heteroatoms. The third kappa shape index (κ3) is 2.08. The first-order valence-corrected chi connectivity index (χ1v) is 5.58. The van der Waals surface area contributed by atoms with Crippen LogP contribution >= 0.6 is 15.9 Å². The number of nitrogen functional groups attached to an aromatic ring is 1. The van der Waals surface area contributed by atoms with E-state index in [1.165, 1.54) is 0 Å². The Hall–Kier alpha value is -1.69. The van der Waals surface area contributed by atoms with Crippen LogP contribution in [0.2, 0.25) is 0 Å². The summed E-state index contributed by atoms with van der Waals surface area (Å²) in [5, 5.41) is 3.65. The van der Waals surface area contributed by atoms with Crippen LogP contribution in [0.15, 0.2) is 27.3 Å². The number of ether oxygens (including phenoxy) is 2. The summed E-state index contributed by atoms with van der Waals surface area (Å²) < 4.78 is 16.1. The van der Waals surface area contributed by atoms with Crippen molar-refractivity contribution in [3.05, 3.63) is 22.8 Å². The number of hydrogen-bond acceptors (Lipinski definition) is 5. The topological polar surface area (TPSA) is 70.5 Å². The van der Waals surface area contributed by atoms with E-state index >= 15 is 0 Å². The summed E-state index contributed by atoms with van der Waals surface area (Å²) in [4.78, 5) is 0. The second-order valence-corrected chi connectivity index (χ2v) is 4.14. The van der Waals surface area contributed by atoms with E-state index < -0.39 is 0 Å². The molecule has 1 aromatic carbocycles. The van der Waals surface area contributed by atoms with Gasteiger partial charge in [0.1, 0.15) is 11.5 Å². The number of nitrogens with zero attached hydrogens (tertiary/aromatic N) is 1. The van der Waals surface area contributed by atoms with Crippen LogP contribution in [0.5, 0.6) is 11.5 Å². The average molecular weight is 299 g/mol. The highest BCUT2D eigenvalue weighted by molar-refractivity contribution is 9.10. The molecule has 1 heterocycles.